The number of nitrogen functional groups attached to an aromatic ring is 1. The third-order valence-corrected chi connectivity index (χ3v) is 4.14. The smallest absolute Gasteiger partial charge is 0.224 e. The molecule has 4 heteroatoms. The Kier molecular flexibility index (Phi) is 3.32. The number of carbonyl (C=O) groups excluding carboxylic acids is 1. The van der Waals surface area contributed by atoms with Crippen LogP contribution < -0.4 is 16.4 Å². The Morgan fingerprint density at radius 2 is 1.95 bits per heavy atom. The number of carbonyl (C=O) groups is 1. The molecule has 1 fully saturated rings. The fraction of sp³-hybridized carbons (Fsp3) is 0.533. The topological polar surface area (TPSA) is 67.1 Å². The van der Waals surface area contributed by atoms with Crippen molar-refractivity contribution in [2.24, 2.45) is 0 Å². The van der Waals surface area contributed by atoms with Crippen LogP contribution in [0.15, 0.2) is 12.1 Å². The molecule has 1 aromatic rings. The summed E-state index contributed by atoms with van der Waals surface area (Å²) in [6.07, 6.45) is 7.79. The molecule has 19 heavy (non-hydrogen) atoms. The van der Waals surface area contributed by atoms with Gasteiger partial charge in [-0.1, -0.05) is 19.3 Å². The summed E-state index contributed by atoms with van der Waals surface area (Å²) in [5, 5.41) is 6.46. The fourth-order valence-electron chi connectivity index (χ4n) is 3.04. The number of anilines is 3. The maximum atomic E-state index is 11.4. The normalized spacial score (nSPS) is 19.7. The van der Waals surface area contributed by atoms with E-state index in [1.807, 2.05) is 6.07 Å². The first-order valence-corrected chi connectivity index (χ1v) is 7.21. The molecule has 4 nitrogen and oxygen atoms in total. The van der Waals surface area contributed by atoms with Crippen molar-refractivity contribution < 1.29 is 4.79 Å². The second kappa shape index (κ2) is 5.11. The molecule has 102 valence electrons. The highest BCUT2D eigenvalue weighted by Gasteiger charge is 2.19. The van der Waals surface area contributed by atoms with E-state index in [4.69, 9.17) is 5.73 Å². The minimum Gasteiger partial charge on any atom is -0.397 e. The van der Waals surface area contributed by atoms with Crippen LogP contribution in [0, 0.1) is 0 Å². The van der Waals surface area contributed by atoms with Gasteiger partial charge in [-0.3, -0.25) is 4.79 Å². The third kappa shape index (κ3) is 2.67. The molecule has 0 atom stereocenters. The minimum atomic E-state index is 0.0832. The maximum Gasteiger partial charge on any atom is 0.224 e. The Bertz CT molecular complexity index is 492. The summed E-state index contributed by atoms with van der Waals surface area (Å²) in [6.45, 7) is 0. The lowest BCUT2D eigenvalue weighted by atomic mass is 9.94. The molecule has 1 aliphatic carbocycles. The van der Waals surface area contributed by atoms with Gasteiger partial charge in [0.2, 0.25) is 5.91 Å². The van der Waals surface area contributed by atoms with Crippen LogP contribution in [0.5, 0.6) is 0 Å². The highest BCUT2D eigenvalue weighted by molar-refractivity contribution is 5.95. The molecule has 0 unspecified atom stereocenters. The number of hydrogen-bond acceptors (Lipinski definition) is 3. The number of amides is 1. The van der Waals surface area contributed by atoms with Gasteiger partial charge in [-0.15, -0.1) is 0 Å². The maximum absolute atomic E-state index is 11.4. The summed E-state index contributed by atoms with van der Waals surface area (Å²) < 4.78 is 0. The molecular weight excluding hydrogens is 238 g/mol. The van der Waals surface area contributed by atoms with Gasteiger partial charge in [0.25, 0.3) is 0 Å². The van der Waals surface area contributed by atoms with Crippen LogP contribution in [0.25, 0.3) is 0 Å². The van der Waals surface area contributed by atoms with E-state index in [0.29, 0.717) is 12.5 Å². The van der Waals surface area contributed by atoms with Crippen molar-refractivity contribution in [1.29, 1.82) is 0 Å². The van der Waals surface area contributed by atoms with Gasteiger partial charge in [0.05, 0.1) is 11.4 Å². The lowest BCUT2D eigenvalue weighted by Crippen LogP contribution is -2.24. The van der Waals surface area contributed by atoms with E-state index in [1.165, 1.54) is 37.7 Å². The van der Waals surface area contributed by atoms with E-state index in [-0.39, 0.29) is 5.91 Å². The summed E-state index contributed by atoms with van der Waals surface area (Å²) in [7, 11) is 0. The largest absolute Gasteiger partial charge is 0.397 e. The molecule has 0 spiro atoms. The van der Waals surface area contributed by atoms with Crippen LogP contribution in [0.1, 0.15) is 44.1 Å². The van der Waals surface area contributed by atoms with Crippen molar-refractivity contribution in [3.05, 3.63) is 17.7 Å². The molecule has 4 N–H and O–H groups in total. The number of benzene rings is 1. The Labute approximate surface area is 113 Å². The molecule has 1 saturated carbocycles. The predicted molar refractivity (Wildman–Crippen MR) is 78.3 cm³/mol. The van der Waals surface area contributed by atoms with E-state index in [2.05, 4.69) is 16.7 Å². The van der Waals surface area contributed by atoms with Gasteiger partial charge in [-0.25, -0.2) is 0 Å². The number of hydrogen-bond donors (Lipinski definition) is 3. The van der Waals surface area contributed by atoms with Gasteiger partial charge in [0.1, 0.15) is 0 Å². The average Bonchev–Trinajstić information content (AvgIpc) is 2.41. The number of fused-ring (bicyclic) bond motifs is 1. The average molecular weight is 259 g/mol. The summed E-state index contributed by atoms with van der Waals surface area (Å²) in [5.41, 5.74) is 9.92. The van der Waals surface area contributed by atoms with Gasteiger partial charge < -0.3 is 16.4 Å². The Hall–Kier alpha value is -1.71. The number of rotatable bonds is 2. The van der Waals surface area contributed by atoms with Crippen LogP contribution in [-0.4, -0.2) is 11.9 Å². The van der Waals surface area contributed by atoms with E-state index in [9.17, 15) is 4.79 Å². The van der Waals surface area contributed by atoms with Crippen molar-refractivity contribution in [3.8, 4) is 0 Å². The SMILES string of the molecule is Nc1cc2c(cc1NC1CCCCC1)CCC(=O)N2. The monoisotopic (exact) mass is 259 g/mol. The fourth-order valence-corrected chi connectivity index (χ4v) is 3.04. The molecule has 2 aliphatic rings. The van der Waals surface area contributed by atoms with Crippen molar-refractivity contribution in [2.75, 3.05) is 16.4 Å². The molecule has 0 aromatic heterocycles. The standard InChI is InChI=1S/C15H21N3O/c16-12-9-13-10(6-7-15(19)18-13)8-14(12)17-11-4-2-1-3-5-11/h8-9,11,17H,1-7,16H2,(H,18,19). The van der Waals surface area contributed by atoms with Crippen LogP contribution in [-0.2, 0) is 11.2 Å². The molecule has 1 amide bonds. The second-order valence-corrected chi connectivity index (χ2v) is 5.62. The molecule has 1 aromatic carbocycles. The highest BCUT2D eigenvalue weighted by atomic mass is 16.1. The summed E-state index contributed by atoms with van der Waals surface area (Å²) in [5.74, 6) is 0.0832. The summed E-state index contributed by atoms with van der Waals surface area (Å²) >= 11 is 0. The van der Waals surface area contributed by atoms with Crippen molar-refractivity contribution in [3.63, 3.8) is 0 Å². The number of aryl methyl sites for hydroxylation is 1. The molecule has 1 aliphatic heterocycles. The molecule has 0 saturated heterocycles. The van der Waals surface area contributed by atoms with Gasteiger partial charge in [0, 0.05) is 18.2 Å². The van der Waals surface area contributed by atoms with Crippen LogP contribution in [0.4, 0.5) is 17.1 Å². The third-order valence-electron chi connectivity index (χ3n) is 4.14. The molecular formula is C15H21N3O. The molecule has 0 radical (unpaired) electrons. The Balaban J connectivity index is 1.80. The zero-order valence-electron chi connectivity index (χ0n) is 11.2. The molecule has 1 heterocycles. The van der Waals surface area contributed by atoms with Crippen LogP contribution in [0.2, 0.25) is 0 Å². The van der Waals surface area contributed by atoms with Crippen molar-refractivity contribution in [1.82, 2.24) is 0 Å². The minimum absolute atomic E-state index is 0.0832. The van der Waals surface area contributed by atoms with Crippen LogP contribution >= 0.6 is 0 Å². The quantitative estimate of drug-likeness (QED) is 0.715. The zero-order valence-corrected chi connectivity index (χ0v) is 11.2. The lowest BCUT2D eigenvalue weighted by molar-refractivity contribution is -0.116. The summed E-state index contributed by atoms with van der Waals surface area (Å²) in [6, 6.07) is 4.54. The number of nitrogens with two attached hydrogens (primary N) is 1. The molecule has 0 bridgehead atoms. The highest BCUT2D eigenvalue weighted by Crippen LogP contribution is 2.32. The van der Waals surface area contributed by atoms with E-state index < -0.39 is 0 Å². The second-order valence-electron chi connectivity index (χ2n) is 5.62. The lowest BCUT2D eigenvalue weighted by Gasteiger charge is -2.26. The van der Waals surface area contributed by atoms with Crippen molar-refractivity contribution in [2.45, 2.75) is 51.0 Å². The van der Waals surface area contributed by atoms with Gasteiger partial charge in [-0.2, -0.15) is 0 Å². The van der Waals surface area contributed by atoms with E-state index in [0.717, 1.165) is 23.5 Å². The number of nitrogens with one attached hydrogen (secondary N) is 2. The van der Waals surface area contributed by atoms with Gasteiger partial charge in [-0.05, 0) is 37.0 Å². The van der Waals surface area contributed by atoms with Gasteiger partial charge >= 0.3 is 0 Å². The first-order chi connectivity index (χ1) is 9.22. The molecule has 3 rings (SSSR count). The van der Waals surface area contributed by atoms with E-state index >= 15 is 0 Å². The Morgan fingerprint density at radius 3 is 2.74 bits per heavy atom. The van der Waals surface area contributed by atoms with Gasteiger partial charge in [0.15, 0.2) is 0 Å². The first-order valence-electron chi connectivity index (χ1n) is 7.21. The van der Waals surface area contributed by atoms with Crippen LogP contribution in [0.3, 0.4) is 0 Å². The zero-order chi connectivity index (χ0) is 13.2. The van der Waals surface area contributed by atoms with Crippen molar-refractivity contribution >= 4 is 23.0 Å². The summed E-state index contributed by atoms with van der Waals surface area (Å²) in [4.78, 5) is 11.4. The van der Waals surface area contributed by atoms with E-state index in [1.54, 1.807) is 0 Å². The Morgan fingerprint density at radius 1 is 1.16 bits per heavy atom. The first kappa shape index (κ1) is 12.3. The predicted octanol–water partition coefficient (Wildman–Crippen LogP) is 2.90.